The van der Waals surface area contributed by atoms with E-state index >= 15 is 0 Å². The zero-order chi connectivity index (χ0) is 9.47. The number of fused-ring (bicyclic) bond motifs is 2. The standard InChI is InChI=1S/C12H17N/c1-12(2)10-6-5-9(8-10)11(12)4-3-7-13/h4,9-10H,3,5-6,8H2,1-2H3/b11-4-. The summed E-state index contributed by atoms with van der Waals surface area (Å²) in [5, 5.41) is 8.57. The van der Waals surface area contributed by atoms with Gasteiger partial charge in [-0.3, -0.25) is 0 Å². The van der Waals surface area contributed by atoms with Crippen LogP contribution in [0, 0.1) is 28.6 Å². The molecule has 0 heterocycles. The van der Waals surface area contributed by atoms with Crippen LogP contribution in [0.1, 0.15) is 39.5 Å². The summed E-state index contributed by atoms with van der Waals surface area (Å²) in [5.41, 5.74) is 1.96. The fraction of sp³-hybridized carbons (Fsp3) is 0.750. The van der Waals surface area contributed by atoms with Gasteiger partial charge in [-0.1, -0.05) is 25.5 Å². The molecule has 1 heteroatoms. The van der Waals surface area contributed by atoms with Gasteiger partial charge in [0, 0.05) is 0 Å². The molecule has 1 nitrogen and oxygen atoms in total. The van der Waals surface area contributed by atoms with Gasteiger partial charge in [-0.05, 0) is 36.5 Å². The maximum Gasteiger partial charge on any atom is 0.0663 e. The van der Waals surface area contributed by atoms with Crippen LogP contribution in [0.4, 0.5) is 0 Å². The molecule has 2 unspecified atom stereocenters. The second kappa shape index (κ2) is 2.87. The predicted molar refractivity (Wildman–Crippen MR) is 52.9 cm³/mol. The van der Waals surface area contributed by atoms with Crippen molar-refractivity contribution in [2.75, 3.05) is 0 Å². The summed E-state index contributed by atoms with van der Waals surface area (Å²) in [6, 6.07) is 2.22. The lowest BCUT2D eigenvalue weighted by molar-refractivity contribution is 0.287. The minimum Gasteiger partial charge on any atom is -0.198 e. The van der Waals surface area contributed by atoms with Gasteiger partial charge >= 0.3 is 0 Å². The average Bonchev–Trinajstić information content (AvgIpc) is 2.60. The maximum absolute atomic E-state index is 8.57. The first-order chi connectivity index (χ1) is 6.16. The molecule has 0 spiro atoms. The van der Waals surface area contributed by atoms with Gasteiger partial charge in [0.05, 0.1) is 12.5 Å². The molecule has 0 radical (unpaired) electrons. The molecule has 2 aliphatic rings. The summed E-state index contributed by atoms with van der Waals surface area (Å²) < 4.78 is 0. The normalized spacial score (nSPS) is 38.1. The first-order valence-corrected chi connectivity index (χ1v) is 5.23. The smallest absolute Gasteiger partial charge is 0.0663 e. The Hall–Kier alpha value is -0.770. The number of hydrogen-bond donors (Lipinski definition) is 0. The molecule has 0 amide bonds. The van der Waals surface area contributed by atoms with Crippen LogP contribution in [0.15, 0.2) is 11.6 Å². The molecular formula is C12H17N. The lowest BCUT2D eigenvalue weighted by atomic mass is 9.72. The largest absolute Gasteiger partial charge is 0.198 e. The Bertz CT molecular complexity index is 280. The Labute approximate surface area is 80.4 Å². The van der Waals surface area contributed by atoms with Crippen LogP contribution >= 0.6 is 0 Å². The van der Waals surface area contributed by atoms with Gasteiger partial charge in [-0.25, -0.2) is 0 Å². The fourth-order valence-electron chi connectivity index (χ4n) is 3.27. The van der Waals surface area contributed by atoms with Crippen molar-refractivity contribution in [3.05, 3.63) is 11.6 Å². The summed E-state index contributed by atoms with van der Waals surface area (Å²) in [6.07, 6.45) is 6.93. The highest BCUT2D eigenvalue weighted by Gasteiger charge is 2.48. The van der Waals surface area contributed by atoms with Gasteiger partial charge in [0.25, 0.3) is 0 Å². The summed E-state index contributed by atoms with van der Waals surface area (Å²) in [7, 11) is 0. The van der Waals surface area contributed by atoms with E-state index in [0.29, 0.717) is 11.8 Å². The maximum atomic E-state index is 8.57. The first-order valence-electron chi connectivity index (χ1n) is 5.23. The monoisotopic (exact) mass is 175 g/mol. The van der Waals surface area contributed by atoms with Gasteiger partial charge in [-0.15, -0.1) is 0 Å². The second-order valence-electron chi connectivity index (χ2n) is 4.95. The summed E-state index contributed by atoms with van der Waals surface area (Å²) in [4.78, 5) is 0. The van der Waals surface area contributed by atoms with E-state index in [1.165, 1.54) is 19.3 Å². The zero-order valence-corrected chi connectivity index (χ0v) is 8.51. The van der Waals surface area contributed by atoms with Crippen LogP contribution in [-0.2, 0) is 0 Å². The molecule has 70 valence electrons. The summed E-state index contributed by atoms with van der Waals surface area (Å²) >= 11 is 0. The van der Waals surface area contributed by atoms with Crippen LogP contribution < -0.4 is 0 Å². The van der Waals surface area contributed by atoms with Gasteiger partial charge < -0.3 is 0 Å². The number of nitriles is 1. The minimum absolute atomic E-state index is 0.389. The second-order valence-corrected chi connectivity index (χ2v) is 4.95. The molecule has 0 aliphatic heterocycles. The molecule has 0 aromatic heterocycles. The Morgan fingerprint density at radius 3 is 2.85 bits per heavy atom. The molecule has 2 bridgehead atoms. The third-order valence-electron chi connectivity index (χ3n) is 4.05. The molecular weight excluding hydrogens is 158 g/mol. The molecule has 2 aliphatic carbocycles. The molecule has 0 aromatic carbocycles. The Balaban J connectivity index is 2.24. The van der Waals surface area contributed by atoms with E-state index in [-0.39, 0.29) is 0 Å². The van der Waals surface area contributed by atoms with Crippen molar-refractivity contribution in [2.24, 2.45) is 17.3 Å². The highest BCUT2D eigenvalue weighted by Crippen LogP contribution is 2.58. The molecule has 0 aromatic rings. The topological polar surface area (TPSA) is 23.8 Å². The number of rotatable bonds is 1. The first kappa shape index (κ1) is 8.81. The SMILES string of the molecule is CC1(C)/C(=C\CC#N)C2CCC1C2. The van der Waals surface area contributed by atoms with Crippen molar-refractivity contribution in [3.63, 3.8) is 0 Å². The van der Waals surface area contributed by atoms with Gasteiger partial charge in [-0.2, -0.15) is 5.26 Å². The molecule has 2 fully saturated rings. The van der Waals surface area contributed by atoms with Crippen molar-refractivity contribution >= 4 is 0 Å². The highest BCUT2D eigenvalue weighted by molar-refractivity contribution is 5.26. The quantitative estimate of drug-likeness (QED) is 0.561. The van der Waals surface area contributed by atoms with Crippen LogP contribution in [-0.4, -0.2) is 0 Å². The van der Waals surface area contributed by atoms with Crippen LogP contribution in [0.25, 0.3) is 0 Å². The van der Waals surface area contributed by atoms with Crippen LogP contribution in [0.2, 0.25) is 0 Å². The number of nitrogens with zero attached hydrogens (tertiary/aromatic N) is 1. The van der Waals surface area contributed by atoms with Gasteiger partial charge in [0.2, 0.25) is 0 Å². The Morgan fingerprint density at radius 2 is 2.31 bits per heavy atom. The van der Waals surface area contributed by atoms with E-state index in [1.807, 2.05) is 0 Å². The van der Waals surface area contributed by atoms with Crippen LogP contribution in [0.3, 0.4) is 0 Å². The molecule has 2 rings (SSSR count). The third-order valence-corrected chi connectivity index (χ3v) is 4.05. The van der Waals surface area contributed by atoms with Crippen molar-refractivity contribution in [2.45, 2.75) is 39.5 Å². The van der Waals surface area contributed by atoms with Crippen molar-refractivity contribution in [3.8, 4) is 6.07 Å². The number of hydrogen-bond acceptors (Lipinski definition) is 1. The van der Waals surface area contributed by atoms with Crippen molar-refractivity contribution < 1.29 is 0 Å². The van der Waals surface area contributed by atoms with Crippen LogP contribution in [0.5, 0.6) is 0 Å². The minimum atomic E-state index is 0.389. The highest BCUT2D eigenvalue weighted by atomic mass is 14.5. The molecule has 2 saturated carbocycles. The Morgan fingerprint density at radius 1 is 1.54 bits per heavy atom. The van der Waals surface area contributed by atoms with E-state index in [1.54, 1.807) is 5.57 Å². The van der Waals surface area contributed by atoms with E-state index in [4.69, 9.17) is 5.26 Å². The molecule has 0 N–H and O–H groups in total. The molecule has 13 heavy (non-hydrogen) atoms. The predicted octanol–water partition coefficient (Wildman–Crippen LogP) is 3.28. The molecule has 0 saturated heterocycles. The van der Waals surface area contributed by atoms with E-state index in [2.05, 4.69) is 26.0 Å². The lowest BCUT2D eigenvalue weighted by Crippen LogP contribution is -2.22. The average molecular weight is 175 g/mol. The van der Waals surface area contributed by atoms with E-state index in [9.17, 15) is 0 Å². The molecule has 2 atom stereocenters. The summed E-state index contributed by atoms with van der Waals surface area (Å²) in [6.45, 7) is 4.69. The van der Waals surface area contributed by atoms with Gasteiger partial charge in [0.1, 0.15) is 0 Å². The van der Waals surface area contributed by atoms with E-state index < -0.39 is 0 Å². The van der Waals surface area contributed by atoms with Gasteiger partial charge in [0.15, 0.2) is 0 Å². The lowest BCUT2D eigenvalue weighted by Gasteiger charge is -2.32. The third kappa shape index (κ3) is 1.20. The summed E-state index contributed by atoms with van der Waals surface area (Å²) in [5.74, 6) is 1.70. The zero-order valence-electron chi connectivity index (χ0n) is 8.51. The Kier molecular flexibility index (Phi) is 1.95. The number of allylic oxidation sites excluding steroid dienone is 2. The van der Waals surface area contributed by atoms with Crippen molar-refractivity contribution in [1.29, 1.82) is 5.26 Å². The fourth-order valence-corrected chi connectivity index (χ4v) is 3.27. The van der Waals surface area contributed by atoms with Crippen molar-refractivity contribution in [1.82, 2.24) is 0 Å². The van der Waals surface area contributed by atoms with E-state index in [0.717, 1.165) is 11.8 Å².